The lowest BCUT2D eigenvalue weighted by Crippen LogP contribution is -2.41. The van der Waals surface area contributed by atoms with Gasteiger partial charge in [-0.15, -0.1) is 0 Å². The number of carbonyl (C=O) groups is 1. The van der Waals surface area contributed by atoms with E-state index in [0.29, 0.717) is 6.61 Å². The first-order valence-electron chi connectivity index (χ1n) is 6.12. The maximum absolute atomic E-state index is 12.0. The summed E-state index contributed by atoms with van der Waals surface area (Å²) in [6.07, 6.45) is 1.66. The lowest BCUT2D eigenvalue weighted by molar-refractivity contribution is -0.150. The van der Waals surface area contributed by atoms with Crippen molar-refractivity contribution in [3.8, 4) is 0 Å². The topological polar surface area (TPSA) is 38.8 Å². The van der Waals surface area contributed by atoms with Gasteiger partial charge in [-0.05, 0) is 25.7 Å². The van der Waals surface area contributed by atoms with Gasteiger partial charge in [-0.2, -0.15) is 0 Å². The second kappa shape index (κ2) is 4.02. The van der Waals surface area contributed by atoms with Crippen molar-refractivity contribution in [3.63, 3.8) is 0 Å². The predicted octanol–water partition coefficient (Wildman–Crippen LogP) is 2.92. The van der Waals surface area contributed by atoms with E-state index in [1.165, 1.54) is 0 Å². The van der Waals surface area contributed by atoms with E-state index in [1.54, 1.807) is 0 Å². The summed E-state index contributed by atoms with van der Waals surface area (Å²) >= 11 is 0. The van der Waals surface area contributed by atoms with Crippen LogP contribution < -0.4 is 0 Å². The van der Waals surface area contributed by atoms with Gasteiger partial charge in [0.05, 0.1) is 6.61 Å². The largest absolute Gasteiger partial charge is 0.464 e. The van der Waals surface area contributed by atoms with Crippen LogP contribution in [0.2, 0.25) is 0 Å². The molecular weight excluding hydrogens is 204 g/mol. The van der Waals surface area contributed by atoms with Crippen LogP contribution in [0.3, 0.4) is 0 Å². The summed E-state index contributed by atoms with van der Waals surface area (Å²) in [7, 11) is 0. The fourth-order valence-corrected chi connectivity index (χ4v) is 2.31. The first kappa shape index (κ1) is 13.5. The summed E-state index contributed by atoms with van der Waals surface area (Å²) in [6.45, 7) is 12.6. The normalized spacial score (nSPS) is 33.6. The van der Waals surface area contributed by atoms with Gasteiger partial charge < -0.3 is 9.47 Å². The lowest BCUT2D eigenvalue weighted by Gasteiger charge is -2.27. The number of hydrogen-bond donors (Lipinski definition) is 0. The van der Waals surface area contributed by atoms with Gasteiger partial charge in [0.1, 0.15) is 5.60 Å². The minimum Gasteiger partial charge on any atom is -0.464 e. The van der Waals surface area contributed by atoms with Crippen molar-refractivity contribution < 1.29 is 14.3 Å². The summed E-state index contributed by atoms with van der Waals surface area (Å²) in [5, 5.41) is 0. The number of epoxide rings is 1. The van der Waals surface area contributed by atoms with Crippen LogP contribution in [0.15, 0.2) is 0 Å². The molecule has 0 aromatic rings. The third-order valence-corrected chi connectivity index (χ3v) is 3.75. The molecule has 3 nitrogen and oxygen atoms in total. The minimum atomic E-state index is -0.712. The van der Waals surface area contributed by atoms with E-state index in [-0.39, 0.29) is 11.4 Å². The lowest BCUT2D eigenvalue weighted by atomic mass is 9.73. The highest BCUT2D eigenvalue weighted by Gasteiger charge is 2.76. The zero-order chi connectivity index (χ0) is 12.6. The molecular formula is C13H24O3. The molecule has 0 aliphatic carbocycles. The molecule has 3 heteroatoms. The molecule has 94 valence electrons. The molecule has 1 heterocycles. The Balaban J connectivity index is 2.92. The second-order valence-corrected chi connectivity index (χ2v) is 5.68. The van der Waals surface area contributed by atoms with Gasteiger partial charge in [0, 0.05) is 0 Å². The van der Waals surface area contributed by atoms with Crippen LogP contribution in [0, 0.1) is 5.41 Å². The minimum absolute atomic E-state index is 0.0606. The summed E-state index contributed by atoms with van der Waals surface area (Å²) in [6, 6.07) is 0. The summed E-state index contributed by atoms with van der Waals surface area (Å²) in [5.41, 5.74) is -1.17. The van der Waals surface area contributed by atoms with Gasteiger partial charge in [-0.1, -0.05) is 34.1 Å². The highest BCUT2D eigenvalue weighted by molar-refractivity contribution is 5.85. The van der Waals surface area contributed by atoms with Crippen LogP contribution >= 0.6 is 0 Å². The van der Waals surface area contributed by atoms with Crippen molar-refractivity contribution in [2.75, 3.05) is 6.61 Å². The molecule has 0 aromatic carbocycles. The van der Waals surface area contributed by atoms with Crippen LogP contribution in [-0.4, -0.2) is 23.8 Å². The van der Waals surface area contributed by atoms with E-state index in [4.69, 9.17) is 9.47 Å². The Morgan fingerprint density at radius 1 is 1.31 bits per heavy atom. The molecule has 2 atom stereocenters. The van der Waals surface area contributed by atoms with E-state index < -0.39 is 11.2 Å². The zero-order valence-corrected chi connectivity index (χ0v) is 11.3. The first-order valence-corrected chi connectivity index (χ1v) is 6.12. The van der Waals surface area contributed by atoms with Crippen LogP contribution in [0.4, 0.5) is 0 Å². The molecule has 2 unspecified atom stereocenters. The fraction of sp³-hybridized carbons (Fsp3) is 0.923. The van der Waals surface area contributed by atoms with Crippen molar-refractivity contribution in [1.29, 1.82) is 0 Å². The molecule has 1 fully saturated rings. The van der Waals surface area contributed by atoms with Crippen molar-refractivity contribution in [2.24, 2.45) is 5.41 Å². The van der Waals surface area contributed by atoms with Crippen LogP contribution in [-0.2, 0) is 14.3 Å². The standard InChI is InChI=1S/C13H24O3/c1-7-9-13(10(14)15-8-2)12(6,16-13)11(3,4)5/h7-9H2,1-6H3. The van der Waals surface area contributed by atoms with Crippen molar-refractivity contribution in [1.82, 2.24) is 0 Å². The average molecular weight is 228 g/mol. The van der Waals surface area contributed by atoms with Crippen molar-refractivity contribution in [3.05, 3.63) is 0 Å². The molecule has 1 saturated heterocycles. The number of hydrogen-bond acceptors (Lipinski definition) is 3. The molecule has 1 aliphatic heterocycles. The van der Waals surface area contributed by atoms with E-state index >= 15 is 0 Å². The van der Waals surface area contributed by atoms with Crippen LogP contribution in [0.5, 0.6) is 0 Å². The molecule has 1 aliphatic rings. The Morgan fingerprint density at radius 2 is 1.88 bits per heavy atom. The molecule has 0 saturated carbocycles. The van der Waals surface area contributed by atoms with Gasteiger partial charge in [0.15, 0.2) is 5.60 Å². The average Bonchev–Trinajstić information content (AvgIpc) is 2.75. The van der Waals surface area contributed by atoms with Gasteiger partial charge in [0.2, 0.25) is 0 Å². The monoisotopic (exact) mass is 228 g/mol. The SMILES string of the molecule is CCCC1(C(=O)OCC)OC1(C)C(C)(C)C. The van der Waals surface area contributed by atoms with Crippen molar-refractivity contribution >= 4 is 5.97 Å². The van der Waals surface area contributed by atoms with Crippen molar-refractivity contribution in [2.45, 2.75) is 65.6 Å². The summed E-state index contributed by atoms with van der Waals surface area (Å²) < 4.78 is 11.0. The Kier molecular flexibility index (Phi) is 3.39. The highest BCUT2D eigenvalue weighted by atomic mass is 16.7. The van der Waals surface area contributed by atoms with E-state index in [9.17, 15) is 4.79 Å². The second-order valence-electron chi connectivity index (χ2n) is 5.68. The zero-order valence-electron chi connectivity index (χ0n) is 11.3. The predicted molar refractivity (Wildman–Crippen MR) is 63.2 cm³/mol. The smallest absolute Gasteiger partial charge is 0.341 e. The number of ether oxygens (including phenoxy) is 2. The van der Waals surface area contributed by atoms with E-state index in [1.807, 2.05) is 13.8 Å². The Labute approximate surface area is 98.5 Å². The fourth-order valence-electron chi connectivity index (χ4n) is 2.31. The van der Waals surface area contributed by atoms with Gasteiger partial charge in [-0.25, -0.2) is 4.79 Å². The molecule has 0 aromatic heterocycles. The third kappa shape index (κ3) is 1.75. The first-order chi connectivity index (χ1) is 7.25. The Morgan fingerprint density at radius 3 is 2.19 bits per heavy atom. The Bertz CT molecular complexity index is 279. The third-order valence-electron chi connectivity index (χ3n) is 3.75. The highest BCUT2D eigenvalue weighted by Crippen LogP contribution is 2.60. The van der Waals surface area contributed by atoms with Gasteiger partial charge >= 0.3 is 5.97 Å². The van der Waals surface area contributed by atoms with Gasteiger partial charge in [-0.3, -0.25) is 0 Å². The quantitative estimate of drug-likeness (QED) is 0.548. The van der Waals surface area contributed by atoms with Crippen LogP contribution in [0.25, 0.3) is 0 Å². The molecule has 16 heavy (non-hydrogen) atoms. The maximum Gasteiger partial charge on any atom is 0.341 e. The molecule has 0 spiro atoms. The number of rotatable bonds is 4. The van der Waals surface area contributed by atoms with E-state index in [0.717, 1.165) is 12.8 Å². The molecule has 0 N–H and O–H groups in total. The molecule has 0 bridgehead atoms. The Hall–Kier alpha value is -0.570. The molecule has 1 rings (SSSR count). The maximum atomic E-state index is 12.0. The summed E-state index contributed by atoms with van der Waals surface area (Å²) in [4.78, 5) is 12.0. The molecule has 0 amide bonds. The van der Waals surface area contributed by atoms with Gasteiger partial charge in [0.25, 0.3) is 0 Å². The number of carbonyl (C=O) groups excluding carboxylic acids is 1. The van der Waals surface area contributed by atoms with E-state index in [2.05, 4.69) is 27.7 Å². The molecule has 0 radical (unpaired) electrons. The summed E-state index contributed by atoms with van der Waals surface area (Å²) in [5.74, 6) is -0.200. The number of esters is 1. The van der Waals surface area contributed by atoms with Crippen LogP contribution in [0.1, 0.15) is 54.4 Å².